The van der Waals surface area contributed by atoms with Crippen LogP contribution in [-0.2, 0) is 38.7 Å². The maximum Gasteiger partial charge on any atom is 0.251 e. The Hall–Kier alpha value is -5.31. The van der Waals surface area contributed by atoms with E-state index in [1.54, 1.807) is 42.1 Å². The van der Waals surface area contributed by atoms with E-state index < -0.39 is 59.3 Å². The minimum absolute atomic E-state index is 0.0496. The molecule has 4 atom stereocenters. The Morgan fingerprint density at radius 1 is 0.939 bits per heavy atom. The number of hydrogen-bond acceptors (Lipinski definition) is 9. The molecule has 15 nitrogen and oxygen atoms in total. The quantitative estimate of drug-likeness (QED) is 0.208. The van der Waals surface area contributed by atoms with E-state index in [2.05, 4.69) is 36.9 Å². The number of benzene rings is 2. The minimum Gasteiger partial charge on any atom is -0.494 e. The Morgan fingerprint density at radius 2 is 1.67 bits per heavy atom. The summed E-state index contributed by atoms with van der Waals surface area (Å²) in [5.41, 5.74) is 0.301. The molecule has 1 aromatic heterocycles. The molecule has 3 aromatic rings. The van der Waals surface area contributed by atoms with Crippen LogP contribution in [0.2, 0.25) is 0 Å². The molecule has 49 heavy (non-hydrogen) atoms. The van der Waals surface area contributed by atoms with E-state index in [1.807, 2.05) is 30.3 Å². The van der Waals surface area contributed by atoms with E-state index in [1.165, 1.54) is 6.92 Å². The molecule has 6 N–H and O–H groups in total. The van der Waals surface area contributed by atoms with Crippen LogP contribution in [0, 0.1) is 0 Å². The molecule has 5 amide bonds. The van der Waals surface area contributed by atoms with Crippen LogP contribution < -0.4 is 31.3 Å². The summed E-state index contributed by atoms with van der Waals surface area (Å²) in [6.45, 7) is 4.00. The first-order valence-corrected chi connectivity index (χ1v) is 16.4. The molecule has 0 unspecified atom stereocenters. The van der Waals surface area contributed by atoms with Crippen molar-refractivity contribution in [3.05, 3.63) is 77.6 Å². The number of carbonyl (C=O) groups excluding carboxylic acids is 5. The number of hydrogen-bond donors (Lipinski definition) is 6. The van der Waals surface area contributed by atoms with Gasteiger partial charge >= 0.3 is 0 Å². The molecule has 3 aliphatic rings. The Kier molecular flexibility index (Phi) is 11.2. The molecule has 15 heteroatoms. The summed E-state index contributed by atoms with van der Waals surface area (Å²) >= 11 is 0. The number of aryl methyl sites for hydroxylation is 1. The number of carbonyl (C=O) groups is 5. The zero-order valence-corrected chi connectivity index (χ0v) is 27.5. The van der Waals surface area contributed by atoms with Gasteiger partial charge in [0.1, 0.15) is 35.1 Å². The third kappa shape index (κ3) is 9.19. The van der Waals surface area contributed by atoms with Crippen molar-refractivity contribution in [1.82, 2.24) is 41.6 Å². The van der Waals surface area contributed by atoms with Crippen LogP contribution in [-0.4, -0.2) is 86.0 Å². The number of aliphatic hydroxyl groups is 1. The minimum atomic E-state index is -1.43. The lowest BCUT2D eigenvalue weighted by Gasteiger charge is -2.27. The van der Waals surface area contributed by atoms with Crippen molar-refractivity contribution in [2.75, 3.05) is 6.61 Å². The van der Waals surface area contributed by atoms with Gasteiger partial charge in [0, 0.05) is 24.9 Å². The second kappa shape index (κ2) is 15.7. The summed E-state index contributed by atoms with van der Waals surface area (Å²) in [6.07, 6.45) is 1.97. The molecule has 1 fully saturated rings. The van der Waals surface area contributed by atoms with E-state index in [4.69, 9.17) is 4.74 Å². The SMILES string of the molecule is CC[C@@H]1NC(=O)c2ccc(cc2)OCCCn2cc(nn2)CNC(=O)[C@H](Cc2ccccc2)NC(=O)[C@H]([C@@H](C)O)NC(=O)C2(CC2)NC1=O. The molecule has 1 saturated carbocycles. The summed E-state index contributed by atoms with van der Waals surface area (Å²) in [4.78, 5) is 66.7. The van der Waals surface area contributed by atoms with Crippen molar-refractivity contribution >= 4 is 29.5 Å². The molecule has 1 spiro atoms. The number of nitrogens with zero attached hydrogens (tertiary/aromatic N) is 3. The average Bonchev–Trinajstić information content (AvgIpc) is 3.74. The Labute approximate surface area is 283 Å². The van der Waals surface area contributed by atoms with Crippen LogP contribution in [0.25, 0.3) is 0 Å². The molecule has 6 rings (SSSR count). The smallest absolute Gasteiger partial charge is 0.251 e. The molecule has 0 saturated heterocycles. The topological polar surface area (TPSA) is 206 Å². The summed E-state index contributed by atoms with van der Waals surface area (Å²) < 4.78 is 7.44. The van der Waals surface area contributed by atoms with E-state index >= 15 is 0 Å². The number of fused-ring (bicyclic) bond motifs is 17. The van der Waals surface area contributed by atoms with Gasteiger partial charge in [0.05, 0.1) is 25.5 Å². The van der Waals surface area contributed by atoms with E-state index in [-0.39, 0.29) is 19.4 Å². The fourth-order valence-corrected chi connectivity index (χ4v) is 5.41. The van der Waals surface area contributed by atoms with Crippen LogP contribution in [0.5, 0.6) is 5.75 Å². The number of aromatic nitrogens is 3. The Morgan fingerprint density at radius 3 is 2.35 bits per heavy atom. The normalized spacial score (nSPS) is 22.9. The average molecular weight is 675 g/mol. The Bertz CT molecular complexity index is 1640. The highest BCUT2D eigenvalue weighted by Crippen LogP contribution is 2.36. The van der Waals surface area contributed by atoms with Crippen molar-refractivity contribution in [3.63, 3.8) is 0 Å². The van der Waals surface area contributed by atoms with Crippen LogP contribution in [0.1, 0.15) is 61.1 Å². The molecule has 1 aliphatic carbocycles. The van der Waals surface area contributed by atoms with Gasteiger partial charge in [-0.1, -0.05) is 42.5 Å². The van der Waals surface area contributed by atoms with Gasteiger partial charge in [-0.25, -0.2) is 0 Å². The van der Waals surface area contributed by atoms with Crippen molar-refractivity contribution in [3.8, 4) is 5.75 Å². The molecule has 2 aromatic carbocycles. The van der Waals surface area contributed by atoms with Gasteiger partial charge in [-0.3, -0.25) is 28.7 Å². The van der Waals surface area contributed by atoms with Gasteiger partial charge in [-0.15, -0.1) is 5.10 Å². The first kappa shape index (κ1) is 35.0. The van der Waals surface area contributed by atoms with E-state index in [0.29, 0.717) is 49.4 Å². The van der Waals surface area contributed by atoms with Crippen molar-refractivity contribution in [2.24, 2.45) is 0 Å². The summed E-state index contributed by atoms with van der Waals surface area (Å²) in [5.74, 6) is -2.39. The van der Waals surface area contributed by atoms with E-state index in [0.717, 1.165) is 5.56 Å². The zero-order chi connectivity index (χ0) is 35.0. The summed E-state index contributed by atoms with van der Waals surface area (Å²) in [5, 5.41) is 32.3. The highest BCUT2D eigenvalue weighted by molar-refractivity contribution is 6.01. The second-order valence-corrected chi connectivity index (χ2v) is 12.4. The van der Waals surface area contributed by atoms with Crippen molar-refractivity contribution < 1.29 is 33.8 Å². The molecular weight excluding hydrogens is 632 g/mol. The monoisotopic (exact) mass is 674 g/mol. The Balaban J connectivity index is 1.37. The maximum absolute atomic E-state index is 13.6. The zero-order valence-electron chi connectivity index (χ0n) is 27.5. The second-order valence-electron chi connectivity index (χ2n) is 12.4. The number of amides is 5. The number of nitrogens with one attached hydrogen (secondary N) is 5. The molecule has 0 radical (unpaired) electrons. The molecule has 3 heterocycles. The maximum atomic E-state index is 13.6. The third-order valence-electron chi connectivity index (χ3n) is 8.49. The predicted octanol–water partition coefficient (Wildman–Crippen LogP) is 0.127. The lowest BCUT2D eigenvalue weighted by molar-refractivity contribution is -0.136. The summed E-state index contributed by atoms with van der Waals surface area (Å²) in [7, 11) is 0. The first-order valence-electron chi connectivity index (χ1n) is 16.4. The highest BCUT2D eigenvalue weighted by Gasteiger charge is 2.53. The lowest BCUT2D eigenvalue weighted by Crippen LogP contribution is -2.61. The fourth-order valence-electron chi connectivity index (χ4n) is 5.41. The van der Waals surface area contributed by atoms with Gasteiger partial charge in [0.15, 0.2) is 0 Å². The van der Waals surface area contributed by atoms with Crippen LogP contribution in [0.15, 0.2) is 60.8 Å². The number of ether oxygens (including phenoxy) is 1. The van der Waals surface area contributed by atoms with Gasteiger partial charge in [-0.05, 0) is 56.0 Å². The van der Waals surface area contributed by atoms with Gasteiger partial charge in [-0.2, -0.15) is 0 Å². The predicted molar refractivity (Wildman–Crippen MR) is 176 cm³/mol. The standard InChI is InChI=1S/C34H42N8O7/c1-3-26-31(46)39-34(14-15-34)33(48)38-28(21(2)43)32(47)37-27(18-22-8-5-4-6-9-22)30(45)35-19-24-20-42(41-40-24)16-7-17-49-25-12-10-23(11-13-25)29(44)36-26/h4-6,8-13,20-21,26-28,43H,3,7,14-19H2,1-2H3,(H,35,45)(H,36,44)(H,37,47)(H,38,48)(H,39,46)/t21-,26+,27+,28+/m1/s1. The largest absolute Gasteiger partial charge is 0.494 e. The van der Waals surface area contributed by atoms with Crippen LogP contribution in [0.3, 0.4) is 0 Å². The molecule has 260 valence electrons. The van der Waals surface area contributed by atoms with Crippen molar-refractivity contribution in [2.45, 2.75) is 88.8 Å². The molecule has 2 aliphatic heterocycles. The lowest BCUT2D eigenvalue weighted by atomic mass is 10.0. The number of aliphatic hydroxyl groups excluding tert-OH is 1. The molecule has 4 bridgehead atoms. The van der Waals surface area contributed by atoms with Crippen molar-refractivity contribution in [1.29, 1.82) is 0 Å². The third-order valence-corrected chi connectivity index (χ3v) is 8.49. The molecular formula is C34H42N8O7. The summed E-state index contributed by atoms with van der Waals surface area (Å²) in [6, 6.07) is 12.2. The number of rotatable bonds is 4. The van der Waals surface area contributed by atoms with Crippen LogP contribution in [0.4, 0.5) is 0 Å². The fraction of sp³-hybridized carbons (Fsp3) is 0.441. The highest BCUT2D eigenvalue weighted by atomic mass is 16.5. The van der Waals surface area contributed by atoms with Gasteiger partial charge in [0.25, 0.3) is 5.91 Å². The first-order chi connectivity index (χ1) is 23.6. The van der Waals surface area contributed by atoms with E-state index in [9.17, 15) is 29.1 Å². The van der Waals surface area contributed by atoms with Crippen LogP contribution >= 0.6 is 0 Å². The van der Waals surface area contributed by atoms with Gasteiger partial charge < -0.3 is 36.4 Å². The van der Waals surface area contributed by atoms with Gasteiger partial charge in [0.2, 0.25) is 23.6 Å².